The normalized spacial score (nSPS) is 28.7. The molecule has 3 aliphatic rings. The van der Waals surface area contributed by atoms with Gasteiger partial charge in [-0.05, 0) is 44.0 Å². The number of piperidine rings is 3. The second kappa shape index (κ2) is 4.59. The van der Waals surface area contributed by atoms with E-state index in [1.165, 1.54) is 25.9 Å². The van der Waals surface area contributed by atoms with Gasteiger partial charge in [0.2, 0.25) is 0 Å². The highest BCUT2D eigenvalue weighted by atomic mass is 16.2. The molecule has 0 radical (unpaired) electrons. The van der Waals surface area contributed by atoms with Gasteiger partial charge in [0.15, 0.2) is 0 Å². The van der Waals surface area contributed by atoms with Crippen molar-refractivity contribution in [3.8, 4) is 0 Å². The van der Waals surface area contributed by atoms with E-state index >= 15 is 0 Å². The molecule has 2 aromatic rings. The Balaban J connectivity index is 1.52. The average molecular weight is 270 g/mol. The molecular formula is C15H18N4O. The van der Waals surface area contributed by atoms with E-state index in [2.05, 4.69) is 15.2 Å². The summed E-state index contributed by atoms with van der Waals surface area (Å²) in [6.45, 7) is 3.36. The summed E-state index contributed by atoms with van der Waals surface area (Å²) < 4.78 is 1.93. The van der Waals surface area contributed by atoms with Crippen molar-refractivity contribution < 1.29 is 4.79 Å². The van der Waals surface area contributed by atoms with Crippen LogP contribution in [0, 0.1) is 5.92 Å². The molecule has 0 aromatic carbocycles. The van der Waals surface area contributed by atoms with Gasteiger partial charge in [-0.2, -0.15) is 0 Å². The Hall–Kier alpha value is -1.88. The number of nitrogens with zero attached hydrogens (tertiary/aromatic N) is 3. The maximum Gasteiger partial charge on any atom is 0.271 e. The van der Waals surface area contributed by atoms with Crippen LogP contribution in [-0.4, -0.2) is 45.9 Å². The fraction of sp³-hybridized carbons (Fsp3) is 0.467. The van der Waals surface area contributed by atoms with Crippen LogP contribution in [0.1, 0.15) is 23.3 Å². The predicted octanol–water partition coefficient (Wildman–Crippen LogP) is 1.16. The van der Waals surface area contributed by atoms with Gasteiger partial charge in [0.05, 0.1) is 11.7 Å². The van der Waals surface area contributed by atoms with Crippen LogP contribution < -0.4 is 5.32 Å². The molecule has 1 amide bonds. The molecule has 104 valence electrons. The molecule has 0 spiro atoms. The molecule has 3 aliphatic heterocycles. The monoisotopic (exact) mass is 270 g/mol. The summed E-state index contributed by atoms with van der Waals surface area (Å²) >= 11 is 0. The van der Waals surface area contributed by atoms with Crippen molar-refractivity contribution in [3.63, 3.8) is 0 Å². The Bertz CT molecular complexity index is 642. The molecule has 5 nitrogen and oxygen atoms in total. The van der Waals surface area contributed by atoms with E-state index < -0.39 is 0 Å². The lowest BCUT2D eigenvalue weighted by atomic mass is 9.84. The fourth-order valence-corrected chi connectivity index (χ4v) is 3.42. The van der Waals surface area contributed by atoms with Crippen molar-refractivity contribution in [2.24, 2.45) is 5.92 Å². The van der Waals surface area contributed by atoms with Crippen LogP contribution in [0.3, 0.4) is 0 Å². The molecule has 2 aromatic heterocycles. The van der Waals surface area contributed by atoms with E-state index in [9.17, 15) is 4.79 Å². The highest BCUT2D eigenvalue weighted by Gasteiger charge is 2.35. The third kappa shape index (κ3) is 1.98. The topological polar surface area (TPSA) is 49.6 Å². The lowest BCUT2D eigenvalue weighted by molar-refractivity contribution is 0.0617. The summed E-state index contributed by atoms with van der Waals surface area (Å²) in [5.41, 5.74) is 1.49. The highest BCUT2D eigenvalue weighted by Crippen LogP contribution is 2.27. The first-order chi connectivity index (χ1) is 9.79. The molecule has 1 atom stereocenters. The lowest BCUT2D eigenvalue weighted by Crippen LogP contribution is -2.57. The van der Waals surface area contributed by atoms with Gasteiger partial charge >= 0.3 is 0 Å². The number of rotatable bonds is 2. The van der Waals surface area contributed by atoms with Crippen molar-refractivity contribution in [2.45, 2.75) is 18.9 Å². The Kier molecular flexibility index (Phi) is 2.73. The molecule has 0 aliphatic carbocycles. The van der Waals surface area contributed by atoms with Gasteiger partial charge < -0.3 is 14.6 Å². The van der Waals surface area contributed by atoms with Gasteiger partial charge in [-0.15, -0.1) is 0 Å². The van der Waals surface area contributed by atoms with Gasteiger partial charge in [-0.25, -0.2) is 4.98 Å². The minimum Gasteiger partial charge on any atom is -0.346 e. The zero-order valence-electron chi connectivity index (χ0n) is 11.3. The number of hydrogen-bond acceptors (Lipinski definition) is 3. The number of hydrogen-bond donors (Lipinski definition) is 1. The number of carbonyl (C=O) groups is 1. The first kappa shape index (κ1) is 11.9. The first-order valence-corrected chi connectivity index (χ1v) is 7.25. The van der Waals surface area contributed by atoms with E-state index in [1.807, 2.05) is 22.7 Å². The second-order valence-corrected chi connectivity index (χ2v) is 5.83. The SMILES string of the molecule is O=C(NC1CN2CCC1CC2)c1cn2cccc2cn1. The van der Waals surface area contributed by atoms with E-state index in [0.29, 0.717) is 11.6 Å². The lowest BCUT2D eigenvalue weighted by Gasteiger charge is -2.44. The molecule has 3 saturated heterocycles. The van der Waals surface area contributed by atoms with Crippen molar-refractivity contribution in [2.75, 3.05) is 19.6 Å². The minimum atomic E-state index is -0.0562. The summed E-state index contributed by atoms with van der Waals surface area (Å²) in [6, 6.07) is 4.21. The summed E-state index contributed by atoms with van der Waals surface area (Å²) in [7, 11) is 0. The maximum atomic E-state index is 12.3. The van der Waals surface area contributed by atoms with Crippen molar-refractivity contribution in [1.29, 1.82) is 0 Å². The third-order valence-electron chi connectivity index (χ3n) is 4.61. The van der Waals surface area contributed by atoms with E-state index in [1.54, 1.807) is 12.4 Å². The molecule has 5 heteroatoms. The molecule has 5 rings (SSSR count). The third-order valence-corrected chi connectivity index (χ3v) is 4.61. The Morgan fingerprint density at radius 1 is 1.35 bits per heavy atom. The molecule has 2 bridgehead atoms. The van der Waals surface area contributed by atoms with Crippen LogP contribution in [0.5, 0.6) is 0 Å². The molecule has 1 N–H and O–H groups in total. The number of fused-ring (bicyclic) bond motifs is 4. The van der Waals surface area contributed by atoms with Gasteiger partial charge in [-0.1, -0.05) is 0 Å². The smallest absolute Gasteiger partial charge is 0.271 e. The molecule has 1 unspecified atom stereocenters. The van der Waals surface area contributed by atoms with Crippen LogP contribution >= 0.6 is 0 Å². The quantitative estimate of drug-likeness (QED) is 0.891. The van der Waals surface area contributed by atoms with Crippen LogP contribution in [0.15, 0.2) is 30.7 Å². The summed E-state index contributed by atoms with van der Waals surface area (Å²) in [6.07, 6.45) is 7.88. The van der Waals surface area contributed by atoms with Crippen molar-refractivity contribution in [1.82, 2.24) is 19.6 Å². The van der Waals surface area contributed by atoms with Crippen molar-refractivity contribution >= 4 is 11.4 Å². The summed E-state index contributed by atoms with van der Waals surface area (Å²) in [4.78, 5) is 19.0. The minimum absolute atomic E-state index is 0.0562. The molecular weight excluding hydrogens is 252 g/mol. The van der Waals surface area contributed by atoms with Crippen LogP contribution in [0.2, 0.25) is 0 Å². The van der Waals surface area contributed by atoms with Gasteiger partial charge in [0.1, 0.15) is 5.69 Å². The zero-order chi connectivity index (χ0) is 13.5. The number of carbonyl (C=O) groups excluding carboxylic acids is 1. The molecule has 0 saturated carbocycles. The van der Waals surface area contributed by atoms with E-state index in [4.69, 9.17) is 0 Å². The van der Waals surface area contributed by atoms with Gasteiger partial charge in [0, 0.05) is 25.0 Å². The van der Waals surface area contributed by atoms with E-state index in [-0.39, 0.29) is 11.9 Å². The van der Waals surface area contributed by atoms with Crippen molar-refractivity contribution in [3.05, 3.63) is 36.4 Å². The first-order valence-electron chi connectivity index (χ1n) is 7.25. The highest BCUT2D eigenvalue weighted by molar-refractivity contribution is 5.92. The predicted molar refractivity (Wildman–Crippen MR) is 75.6 cm³/mol. The molecule has 5 heterocycles. The summed E-state index contributed by atoms with van der Waals surface area (Å²) in [5.74, 6) is 0.582. The number of aromatic nitrogens is 2. The van der Waals surface area contributed by atoms with Gasteiger partial charge in [-0.3, -0.25) is 4.79 Å². The zero-order valence-corrected chi connectivity index (χ0v) is 11.3. The largest absolute Gasteiger partial charge is 0.346 e. The second-order valence-electron chi connectivity index (χ2n) is 5.83. The van der Waals surface area contributed by atoms with Crippen LogP contribution in [0.4, 0.5) is 0 Å². The van der Waals surface area contributed by atoms with E-state index in [0.717, 1.165) is 12.1 Å². The number of amides is 1. The average Bonchev–Trinajstić information content (AvgIpc) is 2.96. The molecule has 20 heavy (non-hydrogen) atoms. The maximum absolute atomic E-state index is 12.3. The summed E-state index contributed by atoms with van der Waals surface area (Å²) in [5, 5.41) is 3.17. The molecule has 3 fully saturated rings. The van der Waals surface area contributed by atoms with Gasteiger partial charge in [0.25, 0.3) is 5.91 Å². The fourth-order valence-electron chi connectivity index (χ4n) is 3.42. The van der Waals surface area contributed by atoms with Crippen LogP contribution in [-0.2, 0) is 0 Å². The Morgan fingerprint density at radius 2 is 2.20 bits per heavy atom. The standard InChI is InChI=1S/C15H18N4O/c20-15(14-10-19-5-1-2-12(19)8-16-14)17-13-9-18-6-3-11(13)4-7-18/h1-2,5,8,10-11,13H,3-4,6-7,9H2,(H,17,20). The Morgan fingerprint density at radius 3 is 2.95 bits per heavy atom. The number of nitrogens with one attached hydrogen (secondary N) is 1. The Labute approximate surface area is 117 Å². The van der Waals surface area contributed by atoms with Crippen LogP contribution in [0.25, 0.3) is 5.52 Å².